The van der Waals surface area contributed by atoms with Gasteiger partial charge in [0.05, 0.1) is 18.8 Å². The van der Waals surface area contributed by atoms with E-state index in [1.54, 1.807) is 0 Å². The van der Waals surface area contributed by atoms with E-state index in [0.29, 0.717) is 0 Å². The molecule has 4 nitrogen and oxygen atoms in total. The van der Waals surface area contributed by atoms with Crippen molar-refractivity contribution in [2.75, 3.05) is 11.9 Å². The molecule has 0 spiro atoms. The van der Waals surface area contributed by atoms with Crippen LogP contribution in [0.3, 0.4) is 0 Å². The van der Waals surface area contributed by atoms with E-state index in [9.17, 15) is 5.11 Å². The molecule has 2 N–H and O–H groups in total. The first-order valence-corrected chi connectivity index (χ1v) is 12.4. The standard InChI is InChI=1S/C27H40N2O2/c1-2-3-4-5-6-7-8-9-10-19-31-24-14-11-13-22(20-24)23-17-18-28-27(21-23)29-25-15-12-16-26(25)30/h11,13-14,17-18,20-21,25-26,30H,2-10,12,15-16,19H2,1H3,(H,28,29)/t25-,26+/m1/s1. The third kappa shape index (κ3) is 8.17. The maximum Gasteiger partial charge on any atom is 0.126 e. The van der Waals surface area contributed by atoms with Crippen molar-refractivity contribution in [3.05, 3.63) is 42.6 Å². The fraction of sp³-hybridized carbons (Fsp3) is 0.593. The van der Waals surface area contributed by atoms with Gasteiger partial charge in [-0.3, -0.25) is 0 Å². The summed E-state index contributed by atoms with van der Waals surface area (Å²) in [6.45, 7) is 3.05. The quantitative estimate of drug-likeness (QED) is 0.321. The molecule has 1 fully saturated rings. The molecule has 1 saturated carbocycles. The number of aromatic nitrogens is 1. The molecule has 1 aliphatic carbocycles. The van der Waals surface area contributed by atoms with Gasteiger partial charge in [-0.15, -0.1) is 0 Å². The number of hydrogen-bond donors (Lipinski definition) is 2. The predicted octanol–water partition coefficient (Wildman–Crippen LogP) is 6.98. The first-order valence-electron chi connectivity index (χ1n) is 12.4. The van der Waals surface area contributed by atoms with Crippen LogP contribution in [0.1, 0.15) is 84.0 Å². The molecular weight excluding hydrogens is 384 g/mol. The van der Waals surface area contributed by atoms with E-state index in [-0.39, 0.29) is 12.1 Å². The average molecular weight is 425 g/mol. The van der Waals surface area contributed by atoms with Gasteiger partial charge in [0, 0.05) is 6.20 Å². The van der Waals surface area contributed by atoms with E-state index < -0.39 is 0 Å². The lowest BCUT2D eigenvalue weighted by Crippen LogP contribution is -2.28. The average Bonchev–Trinajstić information content (AvgIpc) is 3.20. The Bertz CT molecular complexity index is 764. The summed E-state index contributed by atoms with van der Waals surface area (Å²) in [7, 11) is 0. The first kappa shape index (κ1) is 23.6. The van der Waals surface area contributed by atoms with Gasteiger partial charge in [-0.2, -0.15) is 0 Å². The predicted molar refractivity (Wildman–Crippen MR) is 130 cm³/mol. The fourth-order valence-electron chi connectivity index (χ4n) is 4.36. The monoisotopic (exact) mass is 424 g/mol. The highest BCUT2D eigenvalue weighted by atomic mass is 16.5. The Hall–Kier alpha value is -2.07. The maximum absolute atomic E-state index is 10.1. The molecule has 0 amide bonds. The number of unbranched alkanes of at least 4 members (excludes halogenated alkanes) is 8. The van der Waals surface area contributed by atoms with Crippen LogP contribution in [-0.4, -0.2) is 28.8 Å². The lowest BCUT2D eigenvalue weighted by atomic mass is 10.1. The normalized spacial score (nSPS) is 18.3. The van der Waals surface area contributed by atoms with Crippen LogP contribution in [0.2, 0.25) is 0 Å². The van der Waals surface area contributed by atoms with Crippen LogP contribution in [-0.2, 0) is 0 Å². The van der Waals surface area contributed by atoms with Gasteiger partial charge in [-0.1, -0.05) is 70.4 Å². The highest BCUT2D eigenvalue weighted by molar-refractivity contribution is 5.67. The third-order valence-electron chi connectivity index (χ3n) is 6.26. The SMILES string of the molecule is CCCCCCCCCCCOc1cccc(-c2ccnc(N[C@@H]3CCC[C@@H]3O)c2)c1. The molecular formula is C27H40N2O2. The Kier molecular flexibility index (Phi) is 10.2. The molecule has 1 aromatic carbocycles. The van der Waals surface area contributed by atoms with Crippen LogP contribution in [0.25, 0.3) is 11.1 Å². The molecule has 4 heteroatoms. The van der Waals surface area contributed by atoms with E-state index in [2.05, 4.69) is 41.5 Å². The second kappa shape index (κ2) is 13.4. The molecule has 3 rings (SSSR count). The summed E-state index contributed by atoms with van der Waals surface area (Å²) >= 11 is 0. The Morgan fingerprint density at radius 2 is 1.68 bits per heavy atom. The molecule has 2 aromatic rings. The molecule has 1 aromatic heterocycles. The van der Waals surface area contributed by atoms with Crippen LogP contribution in [0.5, 0.6) is 5.75 Å². The summed E-state index contributed by atoms with van der Waals surface area (Å²) in [5.41, 5.74) is 2.24. The van der Waals surface area contributed by atoms with Crippen LogP contribution in [0, 0.1) is 0 Å². The smallest absolute Gasteiger partial charge is 0.126 e. The van der Waals surface area contributed by atoms with Crippen molar-refractivity contribution < 1.29 is 9.84 Å². The first-order chi connectivity index (χ1) is 15.3. The van der Waals surface area contributed by atoms with Crippen molar-refractivity contribution in [1.29, 1.82) is 0 Å². The lowest BCUT2D eigenvalue weighted by molar-refractivity contribution is 0.171. The largest absolute Gasteiger partial charge is 0.494 e. The number of rotatable bonds is 14. The molecule has 0 saturated heterocycles. The fourth-order valence-corrected chi connectivity index (χ4v) is 4.36. The topological polar surface area (TPSA) is 54.4 Å². The van der Waals surface area contributed by atoms with E-state index in [1.165, 1.54) is 51.4 Å². The maximum atomic E-state index is 10.1. The molecule has 0 unspecified atom stereocenters. The van der Waals surface area contributed by atoms with Crippen molar-refractivity contribution in [3.63, 3.8) is 0 Å². The van der Waals surface area contributed by atoms with Crippen molar-refractivity contribution in [1.82, 2.24) is 4.98 Å². The van der Waals surface area contributed by atoms with Crippen molar-refractivity contribution >= 4 is 5.82 Å². The molecule has 0 aliphatic heterocycles. The zero-order valence-corrected chi connectivity index (χ0v) is 19.2. The lowest BCUT2D eigenvalue weighted by Gasteiger charge is -2.17. The van der Waals surface area contributed by atoms with Gasteiger partial charge in [-0.25, -0.2) is 4.98 Å². The van der Waals surface area contributed by atoms with Crippen molar-refractivity contribution in [2.45, 2.75) is 96.1 Å². The van der Waals surface area contributed by atoms with Crippen LogP contribution in [0.15, 0.2) is 42.6 Å². The number of nitrogens with zero attached hydrogens (tertiary/aromatic N) is 1. The molecule has 0 radical (unpaired) electrons. The number of anilines is 1. The summed E-state index contributed by atoms with van der Waals surface area (Å²) in [5, 5.41) is 13.5. The van der Waals surface area contributed by atoms with E-state index in [1.807, 2.05) is 18.3 Å². The number of ether oxygens (including phenoxy) is 1. The van der Waals surface area contributed by atoms with Gasteiger partial charge < -0.3 is 15.2 Å². The summed E-state index contributed by atoms with van der Waals surface area (Å²) in [4.78, 5) is 4.44. The number of benzene rings is 1. The highest BCUT2D eigenvalue weighted by Gasteiger charge is 2.25. The van der Waals surface area contributed by atoms with E-state index in [0.717, 1.165) is 55.0 Å². The van der Waals surface area contributed by atoms with Crippen molar-refractivity contribution in [3.8, 4) is 16.9 Å². The Balaban J connectivity index is 1.41. The summed E-state index contributed by atoms with van der Waals surface area (Å²) in [5.74, 6) is 1.75. The molecule has 1 aliphatic rings. The number of aliphatic hydroxyl groups is 1. The molecule has 170 valence electrons. The minimum atomic E-state index is -0.275. The van der Waals surface area contributed by atoms with Gasteiger partial charge in [0.1, 0.15) is 11.6 Å². The van der Waals surface area contributed by atoms with Crippen LogP contribution in [0.4, 0.5) is 5.82 Å². The number of nitrogens with one attached hydrogen (secondary N) is 1. The second-order valence-corrected chi connectivity index (χ2v) is 8.88. The van der Waals surface area contributed by atoms with Gasteiger partial charge in [0.15, 0.2) is 0 Å². The summed E-state index contributed by atoms with van der Waals surface area (Å²) < 4.78 is 6.02. The zero-order chi connectivity index (χ0) is 21.7. The van der Waals surface area contributed by atoms with Crippen LogP contribution < -0.4 is 10.1 Å². The third-order valence-corrected chi connectivity index (χ3v) is 6.26. The minimum Gasteiger partial charge on any atom is -0.494 e. The van der Waals surface area contributed by atoms with Gasteiger partial charge in [0.25, 0.3) is 0 Å². The van der Waals surface area contributed by atoms with Gasteiger partial charge in [-0.05, 0) is 61.1 Å². The van der Waals surface area contributed by atoms with E-state index >= 15 is 0 Å². The van der Waals surface area contributed by atoms with Crippen LogP contribution >= 0.6 is 0 Å². The van der Waals surface area contributed by atoms with Gasteiger partial charge >= 0.3 is 0 Å². The molecule has 1 heterocycles. The minimum absolute atomic E-state index is 0.105. The summed E-state index contributed by atoms with van der Waals surface area (Å²) in [6.07, 6.45) is 16.4. The molecule has 31 heavy (non-hydrogen) atoms. The Morgan fingerprint density at radius 1 is 0.935 bits per heavy atom. The van der Waals surface area contributed by atoms with E-state index in [4.69, 9.17) is 4.74 Å². The number of aliphatic hydroxyl groups excluding tert-OH is 1. The Morgan fingerprint density at radius 3 is 2.42 bits per heavy atom. The van der Waals surface area contributed by atoms with Crippen molar-refractivity contribution in [2.24, 2.45) is 0 Å². The highest BCUT2D eigenvalue weighted by Crippen LogP contribution is 2.27. The number of pyridine rings is 1. The number of hydrogen-bond acceptors (Lipinski definition) is 4. The zero-order valence-electron chi connectivity index (χ0n) is 19.2. The molecule has 2 atom stereocenters. The Labute approximate surface area is 188 Å². The molecule has 0 bridgehead atoms. The summed E-state index contributed by atoms with van der Waals surface area (Å²) in [6, 6.07) is 12.5. The van der Waals surface area contributed by atoms with Gasteiger partial charge in [0.2, 0.25) is 0 Å². The second-order valence-electron chi connectivity index (χ2n) is 8.88.